The third-order valence-electron chi connectivity index (χ3n) is 19.3. The number of hydrogen-bond donors (Lipinski definition) is 11. The van der Waals surface area contributed by atoms with E-state index in [1.807, 2.05) is 62.4 Å². The predicted octanol–water partition coefficient (Wildman–Crippen LogP) is 0.474. The number of aromatic nitrogens is 1. The number of aliphatic hydroxyl groups is 3. The number of nitrogens with zero attached hydrogens (tertiary/aromatic N) is 5. The molecule has 5 aliphatic heterocycles. The second-order valence-corrected chi connectivity index (χ2v) is 26.9. The molecule has 11 N–H and O–H groups in total. The van der Waals surface area contributed by atoms with E-state index >= 15 is 9.59 Å². The zero-order valence-corrected chi connectivity index (χ0v) is 52.5. The minimum absolute atomic E-state index is 0.0973. The molecule has 6 aliphatic rings. The summed E-state index contributed by atoms with van der Waals surface area (Å²) in [7, 11) is 8.16. The molecule has 89 heavy (non-hydrogen) atoms. The summed E-state index contributed by atoms with van der Waals surface area (Å²) in [5, 5.41) is 72.9. The van der Waals surface area contributed by atoms with E-state index in [1.165, 1.54) is 31.1 Å². The zero-order chi connectivity index (χ0) is 64.4. The number of fused-ring (bicyclic) bond motifs is 6. The molecular weight excluding hydrogens is 1200 g/mol. The molecule has 1 aromatic heterocycles. The Morgan fingerprint density at radius 1 is 0.865 bits per heavy atom. The predicted molar refractivity (Wildman–Crippen MR) is 328 cm³/mol. The SMILES string of the molecule is CC[C@]1(O)C[C@H]2CN(CCc3c([nH]c4ccccc34)[C@@](C(=O)OC)(c3cc4c(cc3OC)N(C)[C@H]3[C@](O)(C(=O)NNC(=O)OCCSSC[C@H](NC(=O)CN(CCN(CC(=O)O)CC(=O)NC)CC(=O)O)C(=O)O)[C@H](O)[C@]5(CC)C=CCN6CC[C@]43[C@@H]65)C2)C1. The maximum absolute atomic E-state index is 15.5. The number of hydrazine groups is 1. The number of likely N-dealkylation sites (N-methyl/N-ethyl adjacent to an activating group) is 2. The molecule has 9 rings (SSSR count). The van der Waals surface area contributed by atoms with Crippen LogP contribution >= 0.6 is 21.6 Å². The average Bonchev–Trinajstić information content (AvgIpc) is 1.52. The summed E-state index contributed by atoms with van der Waals surface area (Å²) in [4.78, 5) is 117. The number of aliphatic hydroxyl groups excluding tert-OH is 1. The average molecular weight is 1280 g/mol. The highest BCUT2D eigenvalue weighted by Gasteiger charge is 2.79. The molecule has 1 aliphatic carbocycles. The Morgan fingerprint density at radius 3 is 2.22 bits per heavy atom. The van der Waals surface area contributed by atoms with Gasteiger partial charge < -0.3 is 65.4 Å². The van der Waals surface area contributed by atoms with E-state index < -0.39 is 119 Å². The van der Waals surface area contributed by atoms with Gasteiger partial charge in [0.1, 0.15) is 29.9 Å². The summed E-state index contributed by atoms with van der Waals surface area (Å²) in [5.41, 5.74) is 1.32. The van der Waals surface area contributed by atoms with Crippen LogP contribution in [-0.2, 0) is 60.3 Å². The van der Waals surface area contributed by atoms with Crippen molar-refractivity contribution < 1.29 is 83.2 Å². The summed E-state index contributed by atoms with van der Waals surface area (Å²) in [6.45, 7) is 4.17. The summed E-state index contributed by atoms with van der Waals surface area (Å²) in [5.74, 6) is -6.79. The Hall–Kier alpha value is -6.70. The van der Waals surface area contributed by atoms with Gasteiger partial charge in [-0.2, -0.15) is 0 Å². The van der Waals surface area contributed by atoms with Gasteiger partial charge in [-0.3, -0.25) is 53.8 Å². The van der Waals surface area contributed by atoms with E-state index in [1.54, 1.807) is 11.9 Å². The normalized spacial score (nSPS) is 28.7. The number of H-pyrrole nitrogens is 1. The highest BCUT2D eigenvalue weighted by Crippen LogP contribution is 2.67. The second-order valence-electron chi connectivity index (χ2n) is 24.3. The maximum atomic E-state index is 15.5. The van der Waals surface area contributed by atoms with E-state index in [9.17, 15) is 59.4 Å². The number of amides is 4. The number of piperidine rings is 1. The molecule has 2 saturated heterocycles. The van der Waals surface area contributed by atoms with Gasteiger partial charge in [0, 0.05) is 116 Å². The minimum Gasteiger partial charge on any atom is -0.496 e. The highest BCUT2D eigenvalue weighted by atomic mass is 33.1. The van der Waals surface area contributed by atoms with Gasteiger partial charge in [-0.05, 0) is 74.2 Å². The fourth-order valence-electron chi connectivity index (χ4n) is 15.6. The van der Waals surface area contributed by atoms with E-state index in [2.05, 4.69) is 36.3 Å². The van der Waals surface area contributed by atoms with Gasteiger partial charge in [0.2, 0.25) is 11.8 Å². The number of carbonyl (C=O) groups is 8. The Kier molecular flexibility index (Phi) is 20.3. The van der Waals surface area contributed by atoms with E-state index in [4.69, 9.17) is 14.2 Å². The first-order chi connectivity index (χ1) is 42.4. The van der Waals surface area contributed by atoms with Gasteiger partial charge in [-0.1, -0.05) is 65.8 Å². The molecule has 0 radical (unpaired) electrons. The fourth-order valence-corrected chi connectivity index (χ4v) is 17.6. The van der Waals surface area contributed by atoms with Crippen LogP contribution in [0.1, 0.15) is 68.3 Å². The number of aromatic amines is 1. The smallest absolute Gasteiger partial charge is 0.426 e. The Morgan fingerprint density at radius 2 is 1.57 bits per heavy atom. The summed E-state index contributed by atoms with van der Waals surface area (Å²) >= 11 is 0. The van der Waals surface area contributed by atoms with Crippen LogP contribution in [0, 0.1) is 11.3 Å². The molecule has 3 aromatic rings. The molecule has 3 fully saturated rings. The number of para-hydroxylation sites is 1. The third-order valence-corrected chi connectivity index (χ3v) is 21.7. The topological polar surface area (TPSA) is 366 Å². The first-order valence-electron chi connectivity index (χ1n) is 29.9. The van der Waals surface area contributed by atoms with Gasteiger partial charge in [0.15, 0.2) is 5.60 Å². The number of rotatable bonds is 25. The lowest BCUT2D eigenvalue weighted by Gasteiger charge is -2.63. The van der Waals surface area contributed by atoms with Gasteiger partial charge in [-0.15, -0.1) is 0 Å². The Balaban J connectivity index is 0.930. The number of carboxylic acids is 3. The van der Waals surface area contributed by atoms with E-state index in [0.717, 1.165) is 43.6 Å². The van der Waals surface area contributed by atoms with Crippen molar-refractivity contribution in [3.05, 3.63) is 70.9 Å². The van der Waals surface area contributed by atoms with Crippen LogP contribution in [0.2, 0.25) is 0 Å². The van der Waals surface area contributed by atoms with Crippen molar-refractivity contribution in [1.82, 2.24) is 46.1 Å². The summed E-state index contributed by atoms with van der Waals surface area (Å²) in [6.07, 6.45) is 3.43. The van der Waals surface area contributed by atoms with Crippen molar-refractivity contribution in [1.29, 1.82) is 0 Å². The van der Waals surface area contributed by atoms with Crippen molar-refractivity contribution in [3.8, 4) is 5.75 Å². The van der Waals surface area contributed by atoms with Crippen LogP contribution in [0.3, 0.4) is 0 Å². The monoisotopic (exact) mass is 1280 g/mol. The van der Waals surface area contributed by atoms with Crippen molar-refractivity contribution in [2.75, 3.05) is 123 Å². The van der Waals surface area contributed by atoms with Crippen molar-refractivity contribution in [2.24, 2.45) is 11.3 Å². The molecule has 27 nitrogen and oxygen atoms in total. The molecule has 2 aromatic carbocycles. The molecule has 2 bridgehead atoms. The summed E-state index contributed by atoms with van der Waals surface area (Å²) < 4.78 is 17.7. The quantitative estimate of drug-likeness (QED) is 0.0181. The van der Waals surface area contributed by atoms with Crippen molar-refractivity contribution >= 4 is 85.9 Å². The third kappa shape index (κ3) is 12.5. The van der Waals surface area contributed by atoms with Gasteiger partial charge >= 0.3 is 30.0 Å². The Labute approximate surface area is 522 Å². The molecular formula is C60H82N10O17S2. The van der Waals surface area contributed by atoms with E-state index in [0.29, 0.717) is 81.1 Å². The number of aliphatic carboxylic acids is 3. The number of carboxylic acid groups (broad SMARTS) is 3. The Bertz CT molecular complexity index is 3250. The molecule has 29 heteroatoms. The standard InChI is InChI=1S/C60H82N10O17S2/c1-7-56(83)26-35-27-59(54(81)86-6,48-37(14-18-69(28-35)34-56)36-12-9-10-13-40(36)63-48)39-24-38-42(25-43(39)85-5)66(4)51-58(38)16-19-70-17-11-15-57(8-2,50(58)70)52(79)60(51,84)53(80)64-65-55(82)87-22-23-88-89-33-41(49(77)78)62-45(72)30-68(32-47(75)76)21-20-67(31-46(73)74)29-44(71)61-3/h9-13,15,24-25,35,41,50-52,63,79,83-84H,7-8,14,16-23,26-34H2,1-6H3,(H,61,71)(H,62,72)(H,64,80)(H,65,82)(H,73,74)(H,75,76)(H,77,78)/t35-,41+,50+,51-,52-,56+,57-,58-,59+,60-/m1/s1. The second kappa shape index (κ2) is 27.0. The lowest BCUT2D eigenvalue weighted by atomic mass is 9.47. The number of nitrogens with one attached hydrogen (secondary N) is 5. The fraction of sp³-hybridized carbons (Fsp3) is 0.600. The number of benzene rings is 2. The molecule has 4 amide bonds. The van der Waals surface area contributed by atoms with Crippen LogP contribution in [0.25, 0.3) is 10.9 Å². The maximum Gasteiger partial charge on any atom is 0.426 e. The molecule has 6 heterocycles. The van der Waals surface area contributed by atoms with Crippen LogP contribution in [0.4, 0.5) is 10.5 Å². The van der Waals surface area contributed by atoms with Crippen LogP contribution in [0.5, 0.6) is 5.75 Å². The van der Waals surface area contributed by atoms with Crippen LogP contribution in [0.15, 0.2) is 48.6 Å². The lowest BCUT2D eigenvalue weighted by Crippen LogP contribution is -2.82. The van der Waals surface area contributed by atoms with Gasteiger partial charge in [0.05, 0.1) is 52.0 Å². The molecule has 11 atom stereocenters. The minimum atomic E-state index is -2.65. The number of anilines is 1. The molecule has 1 unspecified atom stereocenters. The number of methoxy groups -OCH3 is 2. The van der Waals surface area contributed by atoms with Crippen molar-refractivity contribution in [2.45, 2.75) is 98.6 Å². The summed E-state index contributed by atoms with van der Waals surface area (Å²) in [6, 6.07) is 8.69. The van der Waals surface area contributed by atoms with E-state index in [-0.39, 0.29) is 56.5 Å². The first kappa shape index (κ1) is 66.7. The van der Waals surface area contributed by atoms with Gasteiger partial charge in [0.25, 0.3) is 5.91 Å². The first-order valence-corrected chi connectivity index (χ1v) is 32.4. The van der Waals surface area contributed by atoms with Gasteiger partial charge in [-0.25, -0.2) is 15.0 Å². The molecule has 486 valence electrons. The lowest BCUT2D eigenvalue weighted by molar-refractivity contribution is -0.204. The largest absolute Gasteiger partial charge is 0.496 e. The number of esters is 1. The molecule has 1 spiro atoms. The molecule has 1 saturated carbocycles. The van der Waals surface area contributed by atoms with Crippen LogP contribution in [-0.4, -0.2) is 257 Å². The van der Waals surface area contributed by atoms with Crippen molar-refractivity contribution in [3.63, 3.8) is 0 Å². The number of carbonyl (C=O) groups excluding carboxylic acids is 5. The highest BCUT2D eigenvalue weighted by molar-refractivity contribution is 8.76. The zero-order valence-electron chi connectivity index (χ0n) is 50.9. The van der Waals surface area contributed by atoms with Crippen LogP contribution < -0.4 is 31.1 Å². The number of hydrogen-bond acceptors (Lipinski definition) is 21. The number of ether oxygens (including phenoxy) is 3.